The van der Waals surface area contributed by atoms with Gasteiger partial charge in [0.1, 0.15) is 6.54 Å². The van der Waals surface area contributed by atoms with Crippen LogP contribution >= 0.6 is 0 Å². The quantitative estimate of drug-likeness (QED) is 0.895. The van der Waals surface area contributed by atoms with Gasteiger partial charge in [0.15, 0.2) is 5.82 Å². The SMILES string of the molecule is CC[C@H](C)NC(=O)Cn1c(-c2ccccc2)noc1=O. The highest BCUT2D eigenvalue weighted by Gasteiger charge is 2.16. The second-order valence-electron chi connectivity index (χ2n) is 4.60. The second kappa shape index (κ2) is 6.18. The molecule has 0 aliphatic carbocycles. The van der Waals surface area contributed by atoms with E-state index in [0.29, 0.717) is 5.82 Å². The molecular weight excluding hydrogens is 258 g/mol. The summed E-state index contributed by atoms with van der Waals surface area (Å²) >= 11 is 0. The van der Waals surface area contributed by atoms with Gasteiger partial charge in [0.25, 0.3) is 0 Å². The van der Waals surface area contributed by atoms with Crippen LogP contribution in [0, 0.1) is 0 Å². The van der Waals surface area contributed by atoms with E-state index in [1.165, 1.54) is 4.57 Å². The van der Waals surface area contributed by atoms with E-state index in [1.807, 2.05) is 32.0 Å². The van der Waals surface area contributed by atoms with Gasteiger partial charge in [0.05, 0.1) is 0 Å². The van der Waals surface area contributed by atoms with Crippen LogP contribution in [0.2, 0.25) is 0 Å². The van der Waals surface area contributed by atoms with Gasteiger partial charge in [-0.25, -0.2) is 9.36 Å². The Labute approximate surface area is 116 Å². The van der Waals surface area contributed by atoms with Crippen LogP contribution in [-0.2, 0) is 11.3 Å². The third-order valence-electron chi connectivity index (χ3n) is 3.04. The molecule has 2 aromatic rings. The molecule has 0 fully saturated rings. The summed E-state index contributed by atoms with van der Waals surface area (Å²) in [6, 6.07) is 9.21. The van der Waals surface area contributed by atoms with Crippen LogP contribution in [0.1, 0.15) is 20.3 Å². The summed E-state index contributed by atoms with van der Waals surface area (Å²) in [6.07, 6.45) is 0.829. The Morgan fingerprint density at radius 3 is 2.75 bits per heavy atom. The summed E-state index contributed by atoms with van der Waals surface area (Å²) in [5.74, 6) is -0.514. The fourth-order valence-electron chi connectivity index (χ4n) is 1.77. The molecule has 0 saturated heterocycles. The van der Waals surface area contributed by atoms with Crippen LogP contribution in [0.3, 0.4) is 0 Å². The van der Waals surface area contributed by atoms with E-state index >= 15 is 0 Å². The molecule has 0 spiro atoms. The largest absolute Gasteiger partial charge is 0.442 e. The van der Waals surface area contributed by atoms with Crippen molar-refractivity contribution in [2.45, 2.75) is 32.9 Å². The number of nitrogens with zero attached hydrogens (tertiary/aromatic N) is 2. The van der Waals surface area contributed by atoms with Crippen molar-refractivity contribution < 1.29 is 9.32 Å². The normalized spacial score (nSPS) is 12.1. The van der Waals surface area contributed by atoms with Crippen LogP contribution in [0.4, 0.5) is 0 Å². The molecule has 0 aliphatic rings. The number of amides is 1. The van der Waals surface area contributed by atoms with Crippen molar-refractivity contribution in [3.05, 3.63) is 40.9 Å². The summed E-state index contributed by atoms with van der Waals surface area (Å²) in [5, 5.41) is 6.54. The molecule has 1 heterocycles. The van der Waals surface area contributed by atoms with E-state index in [9.17, 15) is 9.59 Å². The van der Waals surface area contributed by atoms with Crippen molar-refractivity contribution in [3.8, 4) is 11.4 Å². The lowest BCUT2D eigenvalue weighted by molar-refractivity contribution is -0.122. The highest BCUT2D eigenvalue weighted by molar-refractivity contribution is 5.76. The van der Waals surface area contributed by atoms with Crippen molar-refractivity contribution in [3.63, 3.8) is 0 Å². The van der Waals surface area contributed by atoms with E-state index in [2.05, 4.69) is 15.0 Å². The molecule has 0 saturated carbocycles. The van der Waals surface area contributed by atoms with Crippen molar-refractivity contribution in [1.29, 1.82) is 0 Å². The van der Waals surface area contributed by atoms with E-state index in [-0.39, 0.29) is 18.5 Å². The molecule has 2 rings (SSSR count). The van der Waals surface area contributed by atoms with E-state index in [1.54, 1.807) is 12.1 Å². The highest BCUT2D eigenvalue weighted by atomic mass is 16.5. The van der Waals surface area contributed by atoms with E-state index in [0.717, 1.165) is 12.0 Å². The average molecular weight is 275 g/mol. The van der Waals surface area contributed by atoms with Gasteiger partial charge in [0, 0.05) is 11.6 Å². The third kappa shape index (κ3) is 3.14. The molecule has 1 aromatic heterocycles. The Bertz CT molecular complexity index is 631. The first-order valence-corrected chi connectivity index (χ1v) is 6.53. The lowest BCUT2D eigenvalue weighted by atomic mass is 10.2. The number of aromatic nitrogens is 2. The predicted octanol–water partition coefficient (Wildman–Crippen LogP) is 1.42. The zero-order valence-corrected chi connectivity index (χ0v) is 11.5. The van der Waals surface area contributed by atoms with Gasteiger partial charge in [-0.2, -0.15) is 0 Å². The fourth-order valence-corrected chi connectivity index (χ4v) is 1.77. The van der Waals surface area contributed by atoms with Gasteiger partial charge in [-0.05, 0) is 13.3 Å². The predicted molar refractivity (Wildman–Crippen MR) is 74.1 cm³/mol. The lowest BCUT2D eigenvalue weighted by Crippen LogP contribution is -2.36. The molecule has 1 atom stereocenters. The Balaban J connectivity index is 2.23. The van der Waals surface area contributed by atoms with Crippen LogP contribution < -0.4 is 11.1 Å². The lowest BCUT2D eigenvalue weighted by Gasteiger charge is -2.11. The van der Waals surface area contributed by atoms with E-state index in [4.69, 9.17) is 0 Å². The molecule has 0 unspecified atom stereocenters. The summed E-state index contributed by atoms with van der Waals surface area (Å²) in [7, 11) is 0. The Hall–Kier alpha value is -2.37. The first-order chi connectivity index (χ1) is 9.61. The smallest absolute Gasteiger partial charge is 0.352 e. The second-order valence-corrected chi connectivity index (χ2v) is 4.60. The summed E-state index contributed by atoms with van der Waals surface area (Å²) in [4.78, 5) is 23.5. The zero-order chi connectivity index (χ0) is 14.5. The maximum Gasteiger partial charge on any atom is 0.442 e. The molecule has 0 bridgehead atoms. The molecule has 0 radical (unpaired) electrons. The zero-order valence-electron chi connectivity index (χ0n) is 11.5. The highest BCUT2D eigenvalue weighted by Crippen LogP contribution is 2.14. The number of benzene rings is 1. The van der Waals surface area contributed by atoms with Crippen molar-refractivity contribution in [2.75, 3.05) is 0 Å². The molecule has 0 aliphatic heterocycles. The van der Waals surface area contributed by atoms with Crippen LogP contribution in [0.25, 0.3) is 11.4 Å². The minimum absolute atomic E-state index is 0.0678. The minimum atomic E-state index is -0.636. The number of nitrogens with one attached hydrogen (secondary N) is 1. The maximum atomic E-state index is 11.9. The maximum absolute atomic E-state index is 11.9. The Kier molecular flexibility index (Phi) is 4.34. The van der Waals surface area contributed by atoms with Gasteiger partial charge in [-0.3, -0.25) is 9.32 Å². The van der Waals surface area contributed by atoms with Gasteiger partial charge in [-0.15, -0.1) is 0 Å². The summed E-state index contributed by atoms with van der Waals surface area (Å²) < 4.78 is 5.89. The number of hydrogen-bond donors (Lipinski definition) is 1. The summed E-state index contributed by atoms with van der Waals surface area (Å²) in [5.41, 5.74) is 0.731. The Morgan fingerprint density at radius 2 is 2.10 bits per heavy atom. The van der Waals surface area contributed by atoms with E-state index < -0.39 is 5.76 Å². The molecule has 1 aromatic carbocycles. The van der Waals surface area contributed by atoms with Gasteiger partial charge in [-0.1, -0.05) is 42.4 Å². The number of rotatable bonds is 5. The average Bonchev–Trinajstić information content (AvgIpc) is 2.81. The van der Waals surface area contributed by atoms with Crippen LogP contribution in [-0.4, -0.2) is 21.7 Å². The molecule has 20 heavy (non-hydrogen) atoms. The van der Waals surface area contributed by atoms with Gasteiger partial charge in [0.2, 0.25) is 5.91 Å². The van der Waals surface area contributed by atoms with Crippen LogP contribution in [0.5, 0.6) is 0 Å². The first kappa shape index (κ1) is 14.0. The molecule has 6 nitrogen and oxygen atoms in total. The topological polar surface area (TPSA) is 77.1 Å². The fraction of sp³-hybridized carbons (Fsp3) is 0.357. The van der Waals surface area contributed by atoms with Gasteiger partial charge >= 0.3 is 5.76 Å². The minimum Gasteiger partial charge on any atom is -0.352 e. The third-order valence-corrected chi connectivity index (χ3v) is 3.04. The number of carbonyl (C=O) groups is 1. The van der Waals surface area contributed by atoms with Crippen molar-refractivity contribution >= 4 is 5.91 Å². The molecule has 1 N–H and O–H groups in total. The standard InChI is InChI=1S/C14H17N3O3/c1-3-10(2)15-12(18)9-17-13(16-20-14(17)19)11-7-5-4-6-8-11/h4-8,10H,3,9H2,1-2H3,(H,15,18)/t10-/m0/s1. The monoisotopic (exact) mass is 275 g/mol. The summed E-state index contributed by atoms with van der Waals surface area (Å²) in [6.45, 7) is 3.79. The molecule has 1 amide bonds. The Morgan fingerprint density at radius 1 is 1.40 bits per heavy atom. The van der Waals surface area contributed by atoms with Crippen LogP contribution in [0.15, 0.2) is 39.6 Å². The molecule has 6 heteroatoms. The number of hydrogen-bond acceptors (Lipinski definition) is 4. The number of carbonyl (C=O) groups excluding carboxylic acids is 1. The first-order valence-electron chi connectivity index (χ1n) is 6.53. The van der Waals surface area contributed by atoms with Crippen molar-refractivity contribution in [2.24, 2.45) is 0 Å². The molecule has 106 valence electrons. The van der Waals surface area contributed by atoms with Crippen molar-refractivity contribution in [1.82, 2.24) is 15.0 Å². The molecular formula is C14H17N3O3. The van der Waals surface area contributed by atoms with Gasteiger partial charge < -0.3 is 5.32 Å².